The van der Waals surface area contributed by atoms with Crippen LogP contribution in [0, 0.1) is 0 Å². The second-order valence-corrected chi connectivity index (χ2v) is 6.14. The Balaban J connectivity index is 2.23. The first-order valence-electron chi connectivity index (χ1n) is 6.22. The van der Waals surface area contributed by atoms with E-state index in [2.05, 4.69) is 70.0 Å². The van der Waals surface area contributed by atoms with Crippen LogP contribution < -0.4 is 4.74 Å². The second kappa shape index (κ2) is 6.58. The summed E-state index contributed by atoms with van der Waals surface area (Å²) in [5.74, 6) is 2.21. The zero-order valence-electron chi connectivity index (χ0n) is 11.0. The maximum atomic E-state index is 5.94. The smallest absolute Gasteiger partial charge is 0.141 e. The van der Waals surface area contributed by atoms with E-state index in [0.717, 1.165) is 21.3 Å². The van der Waals surface area contributed by atoms with Gasteiger partial charge in [-0.05, 0) is 57.2 Å². The Labute approximate surface area is 131 Å². The third kappa shape index (κ3) is 3.83. The minimum absolute atomic E-state index is 0.503. The topological polar surface area (TPSA) is 9.23 Å². The molecule has 0 fully saturated rings. The van der Waals surface area contributed by atoms with Crippen molar-refractivity contribution in [2.75, 3.05) is 0 Å². The van der Waals surface area contributed by atoms with E-state index < -0.39 is 0 Å². The minimum Gasteiger partial charge on any atom is -0.456 e. The lowest BCUT2D eigenvalue weighted by Crippen LogP contribution is -1.90. The number of alkyl halides is 1. The number of rotatable bonds is 4. The number of hydrogen-bond donors (Lipinski definition) is 0. The van der Waals surface area contributed by atoms with Gasteiger partial charge in [-0.1, -0.05) is 48.0 Å². The van der Waals surface area contributed by atoms with Gasteiger partial charge in [0.15, 0.2) is 0 Å². The van der Waals surface area contributed by atoms with E-state index in [1.54, 1.807) is 0 Å². The molecule has 3 heteroatoms. The van der Waals surface area contributed by atoms with Gasteiger partial charge in [0.2, 0.25) is 0 Å². The molecule has 0 amide bonds. The molecule has 0 radical (unpaired) electrons. The summed E-state index contributed by atoms with van der Waals surface area (Å²) in [5, 5.41) is 0.842. The fourth-order valence-corrected chi connectivity index (χ4v) is 2.63. The number of hydrogen-bond acceptors (Lipinski definition) is 1. The summed E-state index contributed by atoms with van der Waals surface area (Å²) in [4.78, 5) is 0. The summed E-state index contributed by atoms with van der Waals surface area (Å²) < 4.78 is 6.91. The fourth-order valence-electron chi connectivity index (χ4n) is 1.77. The Morgan fingerprint density at radius 3 is 2.53 bits per heavy atom. The van der Waals surface area contributed by atoms with Gasteiger partial charge in [0.1, 0.15) is 11.5 Å². The standard InChI is InChI=1S/C16H16Br2O/c1-11(2)13-4-3-5-14(9-13)19-16-7-6-12(10-17)8-15(16)18/h3-9,11H,10H2,1-2H3. The molecule has 0 aliphatic carbocycles. The van der Waals surface area contributed by atoms with Gasteiger partial charge in [0.25, 0.3) is 0 Å². The highest BCUT2D eigenvalue weighted by molar-refractivity contribution is 9.10. The summed E-state index contributed by atoms with van der Waals surface area (Å²) in [7, 11) is 0. The molecule has 0 spiro atoms. The molecule has 19 heavy (non-hydrogen) atoms. The summed E-state index contributed by atoms with van der Waals surface area (Å²) in [6.45, 7) is 4.36. The molecule has 2 aromatic carbocycles. The molecule has 0 atom stereocenters. The van der Waals surface area contributed by atoms with Crippen molar-refractivity contribution >= 4 is 31.9 Å². The predicted molar refractivity (Wildman–Crippen MR) is 87.4 cm³/mol. The Morgan fingerprint density at radius 1 is 1.11 bits per heavy atom. The third-order valence-corrected chi connectivity index (χ3v) is 4.17. The number of benzene rings is 2. The molecular weight excluding hydrogens is 368 g/mol. The molecule has 0 aliphatic rings. The molecule has 0 aromatic heterocycles. The van der Waals surface area contributed by atoms with Crippen LogP contribution in [0.15, 0.2) is 46.9 Å². The van der Waals surface area contributed by atoms with Crippen molar-refractivity contribution in [3.8, 4) is 11.5 Å². The van der Waals surface area contributed by atoms with Crippen LogP contribution in [-0.4, -0.2) is 0 Å². The first-order chi connectivity index (χ1) is 9.10. The molecule has 0 saturated carbocycles. The zero-order valence-corrected chi connectivity index (χ0v) is 14.2. The maximum Gasteiger partial charge on any atom is 0.141 e. The molecular formula is C16H16Br2O. The van der Waals surface area contributed by atoms with Gasteiger partial charge < -0.3 is 4.74 Å². The highest BCUT2D eigenvalue weighted by atomic mass is 79.9. The summed E-state index contributed by atoms with van der Waals surface area (Å²) >= 11 is 6.99. The molecule has 0 N–H and O–H groups in total. The van der Waals surface area contributed by atoms with Crippen LogP contribution in [0.25, 0.3) is 0 Å². The van der Waals surface area contributed by atoms with E-state index in [-0.39, 0.29) is 0 Å². The first-order valence-corrected chi connectivity index (χ1v) is 8.14. The van der Waals surface area contributed by atoms with Crippen molar-refractivity contribution in [2.24, 2.45) is 0 Å². The fraction of sp³-hybridized carbons (Fsp3) is 0.250. The largest absolute Gasteiger partial charge is 0.456 e. The van der Waals surface area contributed by atoms with Crippen LogP contribution in [0.4, 0.5) is 0 Å². The van der Waals surface area contributed by atoms with E-state index in [0.29, 0.717) is 5.92 Å². The van der Waals surface area contributed by atoms with Crippen LogP contribution in [-0.2, 0) is 5.33 Å². The summed E-state index contributed by atoms with van der Waals surface area (Å²) in [6, 6.07) is 14.3. The molecule has 100 valence electrons. The lowest BCUT2D eigenvalue weighted by Gasteiger charge is -2.11. The zero-order chi connectivity index (χ0) is 13.8. The molecule has 0 aliphatic heterocycles. The highest BCUT2D eigenvalue weighted by Gasteiger charge is 2.06. The predicted octanol–water partition coefficient (Wildman–Crippen LogP) is 6.26. The minimum atomic E-state index is 0.503. The molecule has 2 rings (SSSR count). The number of halogens is 2. The normalized spacial score (nSPS) is 10.8. The van der Waals surface area contributed by atoms with Crippen molar-refractivity contribution in [1.82, 2.24) is 0 Å². The van der Waals surface area contributed by atoms with Crippen LogP contribution in [0.5, 0.6) is 11.5 Å². The van der Waals surface area contributed by atoms with Crippen molar-refractivity contribution in [3.05, 3.63) is 58.1 Å². The van der Waals surface area contributed by atoms with Crippen molar-refractivity contribution in [3.63, 3.8) is 0 Å². The molecule has 0 heterocycles. The van der Waals surface area contributed by atoms with Crippen LogP contribution >= 0.6 is 31.9 Å². The number of ether oxygens (including phenoxy) is 1. The Morgan fingerprint density at radius 2 is 1.89 bits per heavy atom. The summed E-state index contributed by atoms with van der Waals surface area (Å²) in [5.41, 5.74) is 2.50. The van der Waals surface area contributed by atoms with Crippen molar-refractivity contribution in [2.45, 2.75) is 25.1 Å². The van der Waals surface area contributed by atoms with Gasteiger partial charge in [-0.15, -0.1) is 0 Å². The van der Waals surface area contributed by atoms with Gasteiger partial charge in [0.05, 0.1) is 4.47 Å². The van der Waals surface area contributed by atoms with Crippen LogP contribution in [0.3, 0.4) is 0 Å². The van der Waals surface area contributed by atoms with Crippen LogP contribution in [0.2, 0.25) is 0 Å². The average molecular weight is 384 g/mol. The van der Waals surface area contributed by atoms with E-state index in [4.69, 9.17) is 4.74 Å². The maximum absolute atomic E-state index is 5.94. The van der Waals surface area contributed by atoms with Gasteiger partial charge in [0, 0.05) is 5.33 Å². The molecule has 1 nitrogen and oxygen atoms in total. The molecule has 0 bridgehead atoms. The van der Waals surface area contributed by atoms with E-state index in [9.17, 15) is 0 Å². The Kier molecular flexibility index (Phi) is 5.06. The second-order valence-electron chi connectivity index (χ2n) is 4.73. The lowest BCUT2D eigenvalue weighted by molar-refractivity contribution is 0.478. The first kappa shape index (κ1) is 14.6. The van der Waals surface area contributed by atoms with Gasteiger partial charge in [-0.2, -0.15) is 0 Å². The Bertz CT molecular complexity index is 564. The lowest BCUT2D eigenvalue weighted by atomic mass is 10.0. The van der Waals surface area contributed by atoms with E-state index in [1.807, 2.05) is 18.2 Å². The van der Waals surface area contributed by atoms with Crippen LogP contribution in [0.1, 0.15) is 30.9 Å². The molecule has 0 saturated heterocycles. The van der Waals surface area contributed by atoms with Crippen molar-refractivity contribution in [1.29, 1.82) is 0 Å². The van der Waals surface area contributed by atoms with E-state index >= 15 is 0 Å². The SMILES string of the molecule is CC(C)c1cccc(Oc2ccc(CBr)cc2Br)c1. The van der Waals surface area contributed by atoms with Gasteiger partial charge >= 0.3 is 0 Å². The molecule has 0 unspecified atom stereocenters. The third-order valence-electron chi connectivity index (χ3n) is 2.90. The Hall–Kier alpha value is -0.800. The summed E-state index contributed by atoms with van der Waals surface area (Å²) in [6.07, 6.45) is 0. The van der Waals surface area contributed by atoms with Gasteiger partial charge in [-0.3, -0.25) is 0 Å². The van der Waals surface area contributed by atoms with Gasteiger partial charge in [-0.25, -0.2) is 0 Å². The molecule has 2 aromatic rings. The van der Waals surface area contributed by atoms with Crippen molar-refractivity contribution < 1.29 is 4.74 Å². The average Bonchev–Trinajstić information content (AvgIpc) is 2.41. The highest BCUT2D eigenvalue weighted by Crippen LogP contribution is 2.32. The quantitative estimate of drug-likeness (QED) is 0.566. The monoisotopic (exact) mass is 382 g/mol. The van der Waals surface area contributed by atoms with E-state index in [1.165, 1.54) is 11.1 Å².